The summed E-state index contributed by atoms with van der Waals surface area (Å²) in [4.78, 5) is 58.5. The lowest BCUT2D eigenvalue weighted by Crippen LogP contribution is -2.63. The number of hydrogen-bond acceptors (Lipinski definition) is 12. The van der Waals surface area contributed by atoms with E-state index < -0.39 is 23.5 Å². The van der Waals surface area contributed by atoms with Crippen molar-refractivity contribution in [3.8, 4) is 22.5 Å². The topological polar surface area (TPSA) is 147 Å². The number of benzene rings is 1. The number of hydrogen-bond donors (Lipinski definition) is 2. The highest BCUT2D eigenvalue weighted by molar-refractivity contribution is 7.59. The molecule has 4 atom stereocenters. The molecule has 0 unspecified atom stereocenters. The predicted molar refractivity (Wildman–Crippen MR) is 278 cm³/mol. The second-order valence-corrected chi connectivity index (χ2v) is 18.7. The van der Waals surface area contributed by atoms with Crippen molar-refractivity contribution < 1.29 is 28.6 Å². The van der Waals surface area contributed by atoms with Crippen molar-refractivity contribution in [1.82, 2.24) is 40.1 Å². The molecule has 4 aromatic rings. The van der Waals surface area contributed by atoms with Crippen LogP contribution in [0.15, 0.2) is 35.8 Å². The number of urea groups is 1. The smallest absolute Gasteiger partial charge is 0.324 e. The first-order valence-electron chi connectivity index (χ1n) is 21.7. The maximum absolute atomic E-state index is 14.3. The number of likely N-dealkylation sites (N-methyl/N-ethyl adjacent to an activating group) is 1. The van der Waals surface area contributed by atoms with Crippen molar-refractivity contribution in [2.24, 2.45) is 5.41 Å². The second kappa shape index (κ2) is 23.2. The number of thiazole rings is 1. The van der Waals surface area contributed by atoms with Gasteiger partial charge in [0, 0.05) is 99.3 Å². The summed E-state index contributed by atoms with van der Waals surface area (Å²) in [6, 6.07) is 6.83. The Balaban J connectivity index is 0.00000231. The number of fused-ring (bicyclic) bond motifs is 6. The fourth-order valence-corrected chi connectivity index (χ4v) is 9.99. The van der Waals surface area contributed by atoms with Gasteiger partial charge < -0.3 is 38.8 Å². The third-order valence-electron chi connectivity index (χ3n) is 12.8. The zero-order valence-electron chi connectivity index (χ0n) is 38.7. The van der Waals surface area contributed by atoms with E-state index in [2.05, 4.69) is 77.2 Å². The maximum atomic E-state index is 14.3. The van der Waals surface area contributed by atoms with Crippen molar-refractivity contribution >= 4 is 99.8 Å². The standard InChI is InChI=1S/C45H61N9O6S.4H2S/c1-8-52-38-12-11-29-20-32(38)34(41(52)33-21-31(24-46-40(33)28(2)59-7)51-18-16-50(5)17-19-51)23-45(3,4)27-60-43(56)35-10-9-14-54(49-35)42(55)36(22-39-47-37(29)26-61-39)48-44(57)53-15-13-30(53)25-58-6;;;;/h11-12,20-21,24,26,28,30,35-36,49H,8-10,13-19,22-23,25,27H2,1-7H3,(H,48,57);4*1H2/t28-,30-,35-,36-;;;;/m0..../s1. The highest BCUT2D eigenvalue weighted by atomic mass is 32.1. The molecule has 4 aliphatic heterocycles. The molecular formula is C45H69N9O6S5. The number of methoxy groups -OCH3 is 2. The summed E-state index contributed by atoms with van der Waals surface area (Å²) < 4.78 is 19.8. The molecule has 0 saturated carbocycles. The largest absolute Gasteiger partial charge is 0.464 e. The number of esters is 1. The van der Waals surface area contributed by atoms with Crippen LogP contribution in [0.1, 0.15) is 69.3 Å². The van der Waals surface area contributed by atoms with Gasteiger partial charge in [-0.05, 0) is 70.3 Å². The number of aryl methyl sites for hydroxylation is 1. The number of nitrogens with zero attached hydrogens (tertiary/aromatic N) is 7. The third kappa shape index (κ3) is 11.6. The molecule has 1 aromatic carbocycles. The van der Waals surface area contributed by atoms with E-state index in [1.807, 2.05) is 18.5 Å². The lowest BCUT2D eigenvalue weighted by atomic mass is 9.84. The second-order valence-electron chi connectivity index (χ2n) is 17.8. The van der Waals surface area contributed by atoms with Gasteiger partial charge in [0.25, 0.3) is 5.91 Å². The van der Waals surface area contributed by atoms with Gasteiger partial charge in [-0.2, -0.15) is 54.0 Å². The van der Waals surface area contributed by atoms with Crippen LogP contribution in [-0.4, -0.2) is 139 Å². The molecule has 15 nitrogen and oxygen atoms in total. The van der Waals surface area contributed by atoms with E-state index in [0.717, 1.165) is 94.5 Å². The summed E-state index contributed by atoms with van der Waals surface area (Å²) in [7, 11) is 5.51. The first-order chi connectivity index (χ1) is 29.4. The van der Waals surface area contributed by atoms with Crippen LogP contribution in [0.4, 0.5) is 10.5 Å². The number of likely N-dealkylation sites (tertiary alicyclic amines) is 1. The monoisotopic (exact) mass is 991 g/mol. The fraction of sp³-hybridized carbons (Fsp3) is 0.578. The van der Waals surface area contributed by atoms with Crippen molar-refractivity contribution in [1.29, 1.82) is 0 Å². The molecule has 65 heavy (non-hydrogen) atoms. The van der Waals surface area contributed by atoms with E-state index in [1.54, 1.807) is 19.1 Å². The Morgan fingerprint density at radius 3 is 2.48 bits per heavy atom. The average molecular weight is 992 g/mol. The first-order valence-corrected chi connectivity index (χ1v) is 22.6. The number of pyridine rings is 1. The molecule has 20 heteroatoms. The first kappa shape index (κ1) is 54.4. The molecule has 8 rings (SSSR count). The van der Waals surface area contributed by atoms with Gasteiger partial charge in [0.15, 0.2) is 0 Å². The van der Waals surface area contributed by atoms with Crippen LogP contribution in [0.5, 0.6) is 0 Å². The Bertz CT molecular complexity index is 2270. The van der Waals surface area contributed by atoms with Gasteiger partial charge in [-0.3, -0.25) is 19.6 Å². The molecule has 2 N–H and O–H groups in total. The van der Waals surface area contributed by atoms with E-state index in [9.17, 15) is 14.4 Å². The van der Waals surface area contributed by atoms with Crippen molar-refractivity contribution in [2.75, 3.05) is 78.6 Å². The van der Waals surface area contributed by atoms with Crippen LogP contribution in [0, 0.1) is 5.41 Å². The molecular weight excluding hydrogens is 923 g/mol. The summed E-state index contributed by atoms with van der Waals surface area (Å²) in [5, 5.41) is 8.35. The van der Waals surface area contributed by atoms with Gasteiger partial charge in [-0.15, -0.1) is 11.3 Å². The number of nitrogens with one attached hydrogen (secondary N) is 2. The van der Waals surface area contributed by atoms with Crippen LogP contribution in [0.2, 0.25) is 0 Å². The van der Waals surface area contributed by atoms with Crippen LogP contribution in [0.3, 0.4) is 0 Å². The molecule has 4 aliphatic rings. The lowest BCUT2D eigenvalue weighted by molar-refractivity contribution is -0.155. The Hall–Kier alpha value is -3.21. The van der Waals surface area contributed by atoms with Crippen molar-refractivity contribution in [3.05, 3.63) is 52.1 Å². The van der Waals surface area contributed by atoms with Gasteiger partial charge in [-0.25, -0.2) is 15.2 Å². The quantitative estimate of drug-likeness (QED) is 0.209. The molecule has 6 bridgehead atoms. The molecule has 3 aromatic heterocycles. The zero-order chi connectivity index (χ0) is 43.0. The summed E-state index contributed by atoms with van der Waals surface area (Å²) in [5.74, 6) is -0.723. The number of cyclic esters (lactones) is 1. The third-order valence-corrected chi connectivity index (χ3v) is 13.7. The average Bonchev–Trinajstić information content (AvgIpc) is 3.84. The number of carbonyl (C=O) groups excluding carboxylic acids is 3. The highest BCUT2D eigenvalue weighted by Gasteiger charge is 2.38. The summed E-state index contributed by atoms with van der Waals surface area (Å²) in [6.07, 6.45) is 4.50. The van der Waals surface area contributed by atoms with Crippen LogP contribution >= 0.6 is 65.3 Å². The Morgan fingerprint density at radius 2 is 1.80 bits per heavy atom. The van der Waals surface area contributed by atoms with Crippen LogP contribution < -0.4 is 15.6 Å². The summed E-state index contributed by atoms with van der Waals surface area (Å²) in [5.41, 5.74) is 10.7. The number of anilines is 1. The van der Waals surface area contributed by atoms with Gasteiger partial charge in [0.05, 0.1) is 59.3 Å². The number of piperazine rings is 1. The number of ether oxygens (including phenoxy) is 3. The van der Waals surface area contributed by atoms with E-state index in [4.69, 9.17) is 24.2 Å². The number of amides is 3. The van der Waals surface area contributed by atoms with E-state index in [-0.39, 0.29) is 91.1 Å². The summed E-state index contributed by atoms with van der Waals surface area (Å²) in [6.45, 7) is 14.6. The minimum absolute atomic E-state index is 0. The number of rotatable bonds is 8. The Kier molecular flexibility index (Phi) is 19.4. The minimum Gasteiger partial charge on any atom is -0.464 e. The summed E-state index contributed by atoms with van der Waals surface area (Å²) >= 11 is 1.47. The van der Waals surface area contributed by atoms with Gasteiger partial charge in [0.2, 0.25) is 0 Å². The van der Waals surface area contributed by atoms with Crippen LogP contribution in [0.25, 0.3) is 33.4 Å². The van der Waals surface area contributed by atoms with Crippen molar-refractivity contribution in [2.45, 2.75) is 90.6 Å². The molecule has 360 valence electrons. The van der Waals surface area contributed by atoms with Crippen molar-refractivity contribution in [3.63, 3.8) is 0 Å². The molecule has 3 saturated heterocycles. The number of aromatic nitrogens is 3. The number of hydrazine groups is 1. The Labute approximate surface area is 415 Å². The molecule has 3 amide bonds. The number of carbonyl (C=O) groups is 3. The maximum Gasteiger partial charge on any atom is 0.324 e. The molecule has 7 heterocycles. The Morgan fingerprint density at radius 1 is 1.05 bits per heavy atom. The van der Waals surface area contributed by atoms with Gasteiger partial charge >= 0.3 is 12.0 Å². The minimum atomic E-state index is -0.912. The van der Waals surface area contributed by atoms with E-state index in [0.29, 0.717) is 39.0 Å². The normalized spacial score (nSPS) is 21.6. The SMILES string of the molecule is CCn1c(-c2cc(N3CCN(C)CC3)cnc2[C@H](C)OC)c2c3cc(ccc31)-c1csc(n1)C[C@H](NC(=O)N1CC[C@H]1COC)C(=O)N1CCC[C@H](N1)C(=O)OCC(C)(C)C2.S.S.S.S. The molecule has 0 radical (unpaired) electrons. The van der Waals surface area contributed by atoms with Crippen LogP contribution in [-0.2, 0) is 43.2 Å². The predicted octanol–water partition coefficient (Wildman–Crippen LogP) is 5.72. The van der Waals surface area contributed by atoms with Gasteiger partial charge in [0.1, 0.15) is 12.1 Å². The fourth-order valence-electron chi connectivity index (χ4n) is 9.14. The molecule has 0 spiro atoms. The zero-order valence-corrected chi connectivity index (χ0v) is 43.5. The van der Waals surface area contributed by atoms with E-state index in [1.165, 1.54) is 16.3 Å². The highest BCUT2D eigenvalue weighted by Crippen LogP contribution is 2.43. The molecule has 0 aliphatic carbocycles. The van der Waals surface area contributed by atoms with E-state index >= 15 is 0 Å². The lowest BCUT2D eigenvalue weighted by Gasteiger charge is -2.41. The molecule has 3 fully saturated rings. The van der Waals surface area contributed by atoms with Gasteiger partial charge in [-0.1, -0.05) is 19.9 Å².